The number of esters is 1. The van der Waals surface area contributed by atoms with Crippen molar-refractivity contribution in [2.24, 2.45) is 0 Å². The third-order valence-electron chi connectivity index (χ3n) is 3.10. The van der Waals surface area contributed by atoms with Gasteiger partial charge in [0.25, 0.3) is 0 Å². The maximum absolute atomic E-state index is 11.7. The summed E-state index contributed by atoms with van der Waals surface area (Å²) in [7, 11) is 1.35. The summed E-state index contributed by atoms with van der Waals surface area (Å²) in [5.41, 5.74) is 2.01. The van der Waals surface area contributed by atoms with Gasteiger partial charge < -0.3 is 10.1 Å². The van der Waals surface area contributed by atoms with Crippen molar-refractivity contribution in [1.82, 2.24) is 0 Å². The fourth-order valence-electron chi connectivity index (χ4n) is 1.85. The molecule has 130 valence electrons. The quantitative estimate of drug-likeness (QED) is 0.550. The summed E-state index contributed by atoms with van der Waals surface area (Å²) >= 11 is 4.36. The summed E-state index contributed by atoms with van der Waals surface area (Å²) in [6.45, 7) is 6.08. The molecule has 1 N–H and O–H groups in total. The molecule has 1 unspecified atom stereocenters. The molecule has 1 atom stereocenters. The first-order valence-corrected chi connectivity index (χ1v) is 8.66. The number of rotatable bonds is 8. The van der Waals surface area contributed by atoms with E-state index in [4.69, 9.17) is 0 Å². The van der Waals surface area contributed by atoms with Crippen molar-refractivity contribution < 1.29 is 14.3 Å². The topological polar surface area (TPSA) is 55.4 Å². The smallest absolute Gasteiger partial charge is 0.305 e. The van der Waals surface area contributed by atoms with Gasteiger partial charge in [0.1, 0.15) is 0 Å². The molecule has 0 spiro atoms. The van der Waals surface area contributed by atoms with Crippen LogP contribution in [0.4, 0.5) is 5.69 Å². The molecule has 23 heavy (non-hydrogen) atoms. The second-order valence-electron chi connectivity index (χ2n) is 5.06. The summed E-state index contributed by atoms with van der Waals surface area (Å²) in [6.07, 6.45) is 3.09. The maximum atomic E-state index is 11.7. The normalized spacial score (nSPS) is 11.0. The highest BCUT2D eigenvalue weighted by molar-refractivity contribution is 7.80. The van der Waals surface area contributed by atoms with Gasteiger partial charge in [0, 0.05) is 18.5 Å². The van der Waals surface area contributed by atoms with E-state index in [0.29, 0.717) is 18.1 Å². The Hall–Kier alpha value is -1.49. The van der Waals surface area contributed by atoms with Crippen LogP contribution in [0.5, 0.6) is 0 Å². The number of aryl methyl sites for hydroxylation is 1. The van der Waals surface area contributed by atoms with E-state index >= 15 is 0 Å². The lowest BCUT2D eigenvalue weighted by atomic mass is 10.1. The number of nitrogens with one attached hydrogen (secondary N) is 1. The van der Waals surface area contributed by atoms with Gasteiger partial charge in [0.2, 0.25) is 5.91 Å². The van der Waals surface area contributed by atoms with Gasteiger partial charge in [-0.3, -0.25) is 9.59 Å². The minimum atomic E-state index is -0.287. The lowest BCUT2D eigenvalue weighted by Crippen LogP contribution is -2.12. The Morgan fingerprint density at radius 3 is 2.30 bits per heavy atom. The molecule has 1 amide bonds. The summed E-state index contributed by atoms with van der Waals surface area (Å²) in [6, 6.07) is 7.83. The number of thiol groups is 1. The monoisotopic (exact) mass is 339 g/mol. The SMILES string of the molecule is CC.COC(=O)CCCC(=O)Nc1ccc(CCC(C)S)cc1. The standard InChI is InChI=1S/C16H23NO3S.C2H6/c1-12(21)6-7-13-8-10-14(11-9-13)17-15(18)4-3-5-16(19)20-2;1-2/h8-12,21H,3-7H2,1-2H3,(H,17,18);1-2H3. The molecular formula is C18H29NO3S. The molecule has 0 heterocycles. The van der Waals surface area contributed by atoms with Crippen molar-refractivity contribution in [3.8, 4) is 0 Å². The van der Waals surface area contributed by atoms with Crippen LogP contribution in [0.1, 0.15) is 52.0 Å². The highest BCUT2D eigenvalue weighted by Crippen LogP contribution is 2.13. The van der Waals surface area contributed by atoms with Gasteiger partial charge in [0.05, 0.1) is 7.11 Å². The molecule has 0 saturated heterocycles. The molecule has 0 aliphatic rings. The summed E-state index contributed by atoms with van der Waals surface area (Å²) < 4.78 is 4.53. The van der Waals surface area contributed by atoms with E-state index in [0.717, 1.165) is 18.5 Å². The van der Waals surface area contributed by atoms with Crippen molar-refractivity contribution in [2.45, 2.75) is 58.1 Å². The fourth-order valence-corrected chi connectivity index (χ4v) is 1.98. The first-order valence-electron chi connectivity index (χ1n) is 8.15. The van der Waals surface area contributed by atoms with Crippen molar-refractivity contribution in [3.63, 3.8) is 0 Å². The summed E-state index contributed by atoms with van der Waals surface area (Å²) in [4.78, 5) is 22.6. The average molecular weight is 340 g/mol. The van der Waals surface area contributed by atoms with Gasteiger partial charge in [-0.1, -0.05) is 32.9 Å². The number of benzene rings is 1. The van der Waals surface area contributed by atoms with E-state index in [1.54, 1.807) is 0 Å². The first-order chi connectivity index (χ1) is 11.0. The lowest BCUT2D eigenvalue weighted by Gasteiger charge is -2.07. The van der Waals surface area contributed by atoms with Gasteiger partial charge >= 0.3 is 5.97 Å². The molecule has 1 aromatic carbocycles. The number of amides is 1. The minimum absolute atomic E-state index is 0.0874. The van der Waals surface area contributed by atoms with Gasteiger partial charge in [0.15, 0.2) is 0 Å². The summed E-state index contributed by atoms with van der Waals surface area (Å²) in [5.74, 6) is -0.374. The number of methoxy groups -OCH3 is 1. The zero-order chi connectivity index (χ0) is 17.7. The zero-order valence-electron chi connectivity index (χ0n) is 14.6. The molecule has 1 aromatic rings. The third-order valence-corrected chi connectivity index (χ3v) is 3.36. The number of ether oxygens (including phenoxy) is 1. The third kappa shape index (κ3) is 10.8. The van der Waals surface area contributed by atoms with E-state index in [2.05, 4.69) is 29.6 Å². The second-order valence-corrected chi connectivity index (χ2v) is 5.94. The number of carbonyl (C=O) groups is 2. The van der Waals surface area contributed by atoms with Gasteiger partial charge in [-0.05, 0) is 42.2 Å². The second kappa shape index (κ2) is 13.0. The van der Waals surface area contributed by atoms with Crippen LogP contribution < -0.4 is 5.32 Å². The molecule has 0 aliphatic heterocycles. The maximum Gasteiger partial charge on any atom is 0.305 e. The molecule has 0 aliphatic carbocycles. The lowest BCUT2D eigenvalue weighted by molar-refractivity contribution is -0.140. The van der Waals surface area contributed by atoms with E-state index in [1.807, 2.05) is 38.1 Å². The molecule has 0 bridgehead atoms. The Kier molecular flexibility index (Phi) is 12.2. The molecule has 5 heteroatoms. The van der Waals surface area contributed by atoms with E-state index in [9.17, 15) is 9.59 Å². The molecule has 0 saturated carbocycles. The Morgan fingerprint density at radius 1 is 1.17 bits per heavy atom. The molecule has 0 radical (unpaired) electrons. The fraction of sp³-hybridized carbons (Fsp3) is 0.556. The Bertz CT molecular complexity index is 458. The van der Waals surface area contributed by atoms with E-state index in [-0.39, 0.29) is 18.3 Å². The molecule has 4 nitrogen and oxygen atoms in total. The van der Waals surface area contributed by atoms with Crippen LogP contribution in [0.15, 0.2) is 24.3 Å². The van der Waals surface area contributed by atoms with Gasteiger partial charge in [-0.15, -0.1) is 0 Å². The molecule has 1 rings (SSSR count). The van der Waals surface area contributed by atoms with Crippen LogP contribution in [0.2, 0.25) is 0 Å². The number of carbonyl (C=O) groups excluding carboxylic acids is 2. The molecule has 0 fully saturated rings. The number of hydrogen-bond acceptors (Lipinski definition) is 4. The van der Waals surface area contributed by atoms with Gasteiger partial charge in [-0.2, -0.15) is 12.6 Å². The largest absolute Gasteiger partial charge is 0.469 e. The molecular weight excluding hydrogens is 310 g/mol. The molecule has 0 aromatic heterocycles. The van der Waals surface area contributed by atoms with Crippen LogP contribution >= 0.6 is 12.6 Å². The Labute approximate surface area is 145 Å². The van der Waals surface area contributed by atoms with Crippen molar-refractivity contribution in [3.05, 3.63) is 29.8 Å². The van der Waals surface area contributed by atoms with Gasteiger partial charge in [-0.25, -0.2) is 0 Å². The van der Waals surface area contributed by atoms with Crippen molar-refractivity contribution >= 4 is 30.2 Å². The zero-order valence-corrected chi connectivity index (χ0v) is 15.5. The predicted molar refractivity (Wildman–Crippen MR) is 99.1 cm³/mol. The number of anilines is 1. The van der Waals surface area contributed by atoms with Crippen molar-refractivity contribution in [2.75, 3.05) is 12.4 Å². The number of hydrogen-bond donors (Lipinski definition) is 2. The highest BCUT2D eigenvalue weighted by Gasteiger charge is 2.06. The Balaban J connectivity index is 0.00000232. The van der Waals surface area contributed by atoms with E-state index in [1.165, 1.54) is 12.7 Å². The van der Waals surface area contributed by atoms with Crippen molar-refractivity contribution in [1.29, 1.82) is 0 Å². The summed E-state index contributed by atoms with van der Waals surface area (Å²) in [5, 5.41) is 3.21. The first kappa shape index (κ1) is 21.5. The minimum Gasteiger partial charge on any atom is -0.469 e. The highest BCUT2D eigenvalue weighted by atomic mass is 32.1. The predicted octanol–water partition coefficient (Wildman–Crippen LogP) is 4.25. The van der Waals surface area contributed by atoms with Crippen LogP contribution in [0, 0.1) is 0 Å². The van der Waals surface area contributed by atoms with Crippen LogP contribution in [0.25, 0.3) is 0 Å². The van der Waals surface area contributed by atoms with E-state index < -0.39 is 0 Å². The van der Waals surface area contributed by atoms with Crippen LogP contribution in [-0.2, 0) is 20.7 Å². The average Bonchev–Trinajstić information content (AvgIpc) is 2.55. The van der Waals surface area contributed by atoms with Crippen LogP contribution in [-0.4, -0.2) is 24.2 Å². The Morgan fingerprint density at radius 2 is 1.78 bits per heavy atom. The van der Waals surface area contributed by atoms with Crippen LogP contribution in [0.3, 0.4) is 0 Å².